The largest absolute Gasteiger partial charge is 0.492 e. The molecule has 0 heterocycles. The fourth-order valence-electron chi connectivity index (χ4n) is 3.47. The quantitative estimate of drug-likeness (QED) is 0.318. The van der Waals surface area contributed by atoms with Gasteiger partial charge in [-0.05, 0) is 44.5 Å². The number of benzene rings is 3. The Morgan fingerprint density at radius 2 is 1.43 bits per heavy atom. The molecular weight excluding hydrogens is 466 g/mol. The first-order chi connectivity index (χ1) is 16.9. The van der Waals surface area contributed by atoms with Crippen LogP contribution in [-0.4, -0.2) is 31.6 Å². The Hall–Kier alpha value is -3.55. The average molecular weight is 496 g/mol. The smallest absolute Gasteiger partial charge is 0.255 e. The van der Waals surface area contributed by atoms with E-state index < -0.39 is 0 Å². The number of nitrogens with one attached hydrogen (secondary N) is 3. The van der Waals surface area contributed by atoms with E-state index in [9.17, 15) is 9.59 Å². The van der Waals surface area contributed by atoms with Gasteiger partial charge in [0.15, 0.2) is 0 Å². The second-order valence-electron chi connectivity index (χ2n) is 7.70. The highest BCUT2D eigenvalue weighted by Gasteiger charge is 2.17. The highest BCUT2D eigenvalue weighted by Crippen LogP contribution is 2.37. The van der Waals surface area contributed by atoms with Crippen LogP contribution in [0.25, 0.3) is 0 Å². The topological polar surface area (TPSA) is 88.7 Å². The van der Waals surface area contributed by atoms with E-state index >= 15 is 0 Å². The van der Waals surface area contributed by atoms with Crippen LogP contribution in [0.4, 0.5) is 11.4 Å². The second-order valence-corrected chi connectivity index (χ2v) is 8.11. The summed E-state index contributed by atoms with van der Waals surface area (Å²) in [6.45, 7) is 6.46. The van der Waals surface area contributed by atoms with E-state index in [2.05, 4.69) is 16.0 Å². The molecule has 0 aliphatic rings. The Morgan fingerprint density at radius 1 is 0.857 bits per heavy atom. The third-order valence-corrected chi connectivity index (χ3v) is 5.52. The van der Waals surface area contributed by atoms with Gasteiger partial charge in [0.2, 0.25) is 5.91 Å². The maximum absolute atomic E-state index is 12.7. The molecular formula is C27H30ClN3O4. The van der Waals surface area contributed by atoms with Crippen LogP contribution >= 0.6 is 11.6 Å². The third kappa shape index (κ3) is 7.21. The van der Waals surface area contributed by atoms with E-state index in [-0.39, 0.29) is 24.4 Å². The van der Waals surface area contributed by atoms with E-state index in [1.54, 1.807) is 36.4 Å². The van der Waals surface area contributed by atoms with Gasteiger partial charge in [0.1, 0.15) is 11.5 Å². The standard InChI is InChI=1S/C27H30ClN3O4/c1-4-34-24-16-23(31-27(33)19-11-7-6-8-12-19)25(35-5-2)15-22(24)30-26(32)17-29-18(3)20-13-9-10-14-21(20)28/h6-16,18,29H,4-5,17H2,1-3H3,(H,30,32)(H,31,33). The monoisotopic (exact) mass is 495 g/mol. The van der Waals surface area contributed by atoms with Crippen molar-refractivity contribution in [2.45, 2.75) is 26.8 Å². The number of halogens is 1. The van der Waals surface area contributed by atoms with Gasteiger partial charge in [-0.3, -0.25) is 9.59 Å². The van der Waals surface area contributed by atoms with Gasteiger partial charge in [0.25, 0.3) is 5.91 Å². The molecule has 184 valence electrons. The molecule has 0 aromatic heterocycles. The number of carbonyl (C=O) groups excluding carboxylic acids is 2. The Kier molecular flexibility index (Phi) is 9.52. The Balaban J connectivity index is 1.76. The summed E-state index contributed by atoms with van der Waals surface area (Å²) in [6, 6.07) is 19.6. The van der Waals surface area contributed by atoms with Gasteiger partial charge in [-0.2, -0.15) is 0 Å². The predicted octanol–water partition coefficient (Wildman–Crippen LogP) is 5.68. The minimum absolute atomic E-state index is 0.0639. The Bertz CT molecular complexity index is 1150. The van der Waals surface area contributed by atoms with Gasteiger partial charge in [-0.1, -0.05) is 48.0 Å². The molecule has 0 aliphatic carbocycles. The van der Waals surface area contributed by atoms with Gasteiger partial charge < -0.3 is 25.4 Å². The van der Waals surface area contributed by atoms with Gasteiger partial charge in [-0.15, -0.1) is 0 Å². The molecule has 0 bridgehead atoms. The van der Waals surface area contributed by atoms with Crippen molar-refractivity contribution in [3.8, 4) is 11.5 Å². The summed E-state index contributed by atoms with van der Waals surface area (Å²) in [5, 5.41) is 9.57. The lowest BCUT2D eigenvalue weighted by Crippen LogP contribution is -2.30. The molecule has 1 atom stereocenters. The summed E-state index contributed by atoms with van der Waals surface area (Å²) < 4.78 is 11.5. The molecule has 1 unspecified atom stereocenters. The molecule has 3 rings (SSSR count). The van der Waals surface area contributed by atoms with Crippen molar-refractivity contribution >= 4 is 34.8 Å². The molecule has 7 nitrogen and oxygen atoms in total. The average Bonchev–Trinajstić information content (AvgIpc) is 2.86. The van der Waals surface area contributed by atoms with Crippen LogP contribution in [0.2, 0.25) is 5.02 Å². The minimum atomic E-state index is -0.274. The van der Waals surface area contributed by atoms with Crippen molar-refractivity contribution in [3.63, 3.8) is 0 Å². The lowest BCUT2D eigenvalue weighted by molar-refractivity contribution is -0.115. The highest BCUT2D eigenvalue weighted by molar-refractivity contribution is 6.31. The predicted molar refractivity (Wildman–Crippen MR) is 140 cm³/mol. The first kappa shape index (κ1) is 26.1. The van der Waals surface area contributed by atoms with Crippen molar-refractivity contribution in [3.05, 3.63) is 82.9 Å². The lowest BCUT2D eigenvalue weighted by Gasteiger charge is -2.19. The zero-order chi connectivity index (χ0) is 25.2. The van der Waals surface area contributed by atoms with Crippen molar-refractivity contribution in [2.75, 3.05) is 30.4 Å². The number of amides is 2. The minimum Gasteiger partial charge on any atom is -0.492 e. The normalized spacial score (nSPS) is 11.4. The Morgan fingerprint density at radius 3 is 2.03 bits per heavy atom. The van der Waals surface area contributed by atoms with Gasteiger partial charge >= 0.3 is 0 Å². The number of hydrogen-bond acceptors (Lipinski definition) is 5. The van der Waals surface area contributed by atoms with Crippen molar-refractivity contribution in [2.24, 2.45) is 0 Å². The summed E-state index contributed by atoms with van der Waals surface area (Å²) in [4.78, 5) is 25.4. The first-order valence-electron chi connectivity index (χ1n) is 11.5. The third-order valence-electron chi connectivity index (χ3n) is 5.18. The zero-order valence-electron chi connectivity index (χ0n) is 20.1. The number of rotatable bonds is 11. The van der Waals surface area contributed by atoms with Crippen LogP contribution < -0.4 is 25.4 Å². The van der Waals surface area contributed by atoms with Crippen molar-refractivity contribution < 1.29 is 19.1 Å². The van der Waals surface area contributed by atoms with Crippen LogP contribution in [0.15, 0.2) is 66.7 Å². The van der Waals surface area contributed by atoms with E-state index in [4.69, 9.17) is 21.1 Å². The summed E-state index contributed by atoms with van der Waals surface area (Å²) in [5.74, 6) is 0.316. The summed E-state index contributed by atoms with van der Waals surface area (Å²) in [5.41, 5.74) is 2.33. The molecule has 0 radical (unpaired) electrons. The Labute approximate surface area is 210 Å². The molecule has 3 aromatic rings. The van der Waals surface area contributed by atoms with Gasteiger partial charge in [-0.25, -0.2) is 0 Å². The molecule has 2 amide bonds. The van der Waals surface area contributed by atoms with Crippen LogP contribution in [0.5, 0.6) is 11.5 Å². The van der Waals surface area contributed by atoms with Crippen LogP contribution in [0, 0.1) is 0 Å². The van der Waals surface area contributed by atoms with Crippen molar-refractivity contribution in [1.29, 1.82) is 0 Å². The maximum Gasteiger partial charge on any atom is 0.255 e. The lowest BCUT2D eigenvalue weighted by atomic mass is 10.1. The number of ether oxygens (including phenoxy) is 2. The van der Waals surface area contributed by atoms with E-state index in [1.165, 1.54) is 0 Å². The van der Waals surface area contributed by atoms with Crippen molar-refractivity contribution in [1.82, 2.24) is 5.32 Å². The molecule has 0 saturated heterocycles. The molecule has 8 heteroatoms. The summed E-state index contributed by atoms with van der Waals surface area (Å²) >= 11 is 6.26. The molecule has 3 N–H and O–H groups in total. The molecule has 0 aliphatic heterocycles. The fourth-order valence-corrected chi connectivity index (χ4v) is 3.76. The van der Waals surface area contributed by atoms with Crippen LogP contribution in [0.1, 0.15) is 42.7 Å². The van der Waals surface area contributed by atoms with Gasteiger partial charge in [0, 0.05) is 28.8 Å². The fraction of sp³-hybridized carbons (Fsp3) is 0.259. The summed E-state index contributed by atoms with van der Waals surface area (Å²) in [7, 11) is 0. The summed E-state index contributed by atoms with van der Waals surface area (Å²) in [6.07, 6.45) is 0. The van der Waals surface area contributed by atoms with Crippen LogP contribution in [-0.2, 0) is 4.79 Å². The molecule has 0 saturated carbocycles. The number of anilines is 2. The van der Waals surface area contributed by atoms with Gasteiger partial charge in [0.05, 0.1) is 31.1 Å². The molecule has 0 spiro atoms. The maximum atomic E-state index is 12.7. The molecule has 0 fully saturated rings. The SMILES string of the molecule is CCOc1cc(NC(=O)c2ccccc2)c(OCC)cc1NC(=O)CNC(C)c1ccccc1Cl. The molecule has 3 aromatic carbocycles. The first-order valence-corrected chi connectivity index (χ1v) is 11.9. The molecule has 35 heavy (non-hydrogen) atoms. The zero-order valence-corrected chi connectivity index (χ0v) is 20.8. The van der Waals surface area contributed by atoms with E-state index in [1.807, 2.05) is 51.1 Å². The van der Waals surface area contributed by atoms with E-state index in [0.717, 1.165) is 5.56 Å². The number of carbonyl (C=O) groups is 2. The number of hydrogen-bond donors (Lipinski definition) is 3. The second kappa shape index (κ2) is 12.8. The highest BCUT2D eigenvalue weighted by atomic mass is 35.5. The van der Waals surface area contributed by atoms with E-state index in [0.29, 0.717) is 46.7 Å². The van der Waals surface area contributed by atoms with Crippen LogP contribution in [0.3, 0.4) is 0 Å².